The molecule has 6 heteroatoms. The van der Waals surface area contributed by atoms with Gasteiger partial charge in [0.2, 0.25) is 15.0 Å². The molecule has 104 valence electrons. The quantitative estimate of drug-likeness (QED) is 0.745. The zero-order valence-corrected chi connectivity index (χ0v) is 12.0. The molecule has 1 saturated carbocycles. The van der Waals surface area contributed by atoms with E-state index in [2.05, 4.69) is 0 Å². The van der Waals surface area contributed by atoms with Gasteiger partial charge in [0.1, 0.15) is 0 Å². The van der Waals surface area contributed by atoms with E-state index in [1.165, 1.54) is 32.1 Å². The van der Waals surface area contributed by atoms with Crippen LogP contribution in [-0.2, 0) is 13.8 Å². The van der Waals surface area contributed by atoms with Crippen LogP contribution in [0.2, 0.25) is 0 Å². The van der Waals surface area contributed by atoms with Crippen molar-refractivity contribution < 1.29 is 13.2 Å². The molecule has 1 aliphatic carbocycles. The van der Waals surface area contributed by atoms with Crippen molar-refractivity contribution in [1.29, 1.82) is 0 Å². The molecule has 1 saturated heterocycles. The molecule has 1 amide bonds. The van der Waals surface area contributed by atoms with Gasteiger partial charge in [-0.25, -0.2) is 8.42 Å². The first-order valence-corrected chi connectivity index (χ1v) is 9.12. The minimum absolute atomic E-state index is 0.0819. The molecule has 2 rings (SSSR count). The van der Waals surface area contributed by atoms with Crippen molar-refractivity contribution in [1.82, 2.24) is 4.90 Å². The molecule has 0 N–H and O–H groups in total. The molecule has 0 aromatic carbocycles. The fourth-order valence-corrected chi connectivity index (χ4v) is 4.43. The van der Waals surface area contributed by atoms with Gasteiger partial charge >= 0.3 is 0 Å². The Bertz CT molecular complexity index is 404. The Labute approximate surface area is 113 Å². The lowest BCUT2D eigenvalue weighted by molar-refractivity contribution is -0.128. The predicted molar refractivity (Wildman–Crippen MR) is 70.9 cm³/mol. The molecule has 2 fully saturated rings. The number of nitrogens with zero attached hydrogens (tertiary/aromatic N) is 1. The predicted octanol–water partition coefficient (Wildman–Crippen LogP) is 1.98. The second kappa shape index (κ2) is 5.78. The maximum absolute atomic E-state index is 11.8. The van der Waals surface area contributed by atoms with Crippen molar-refractivity contribution in [3.8, 4) is 0 Å². The summed E-state index contributed by atoms with van der Waals surface area (Å²) in [6, 6.07) is 0. The summed E-state index contributed by atoms with van der Waals surface area (Å²) in [6.07, 6.45) is 6.54. The summed E-state index contributed by atoms with van der Waals surface area (Å²) in [7, 11) is 1.75. The summed E-state index contributed by atoms with van der Waals surface area (Å²) in [5, 5.41) is 0. The molecule has 1 aliphatic heterocycles. The Hall–Kier alpha value is -0.290. The average molecular weight is 294 g/mol. The van der Waals surface area contributed by atoms with E-state index in [0.717, 1.165) is 6.54 Å². The molecule has 1 unspecified atom stereocenters. The van der Waals surface area contributed by atoms with Crippen LogP contribution in [0.5, 0.6) is 0 Å². The Morgan fingerprint density at radius 3 is 2.44 bits per heavy atom. The van der Waals surface area contributed by atoms with Gasteiger partial charge in [0.25, 0.3) is 0 Å². The number of carbonyl (C=O) groups excluding carboxylic acids is 1. The number of halogens is 1. The van der Waals surface area contributed by atoms with Gasteiger partial charge in [0.15, 0.2) is 0 Å². The van der Waals surface area contributed by atoms with Gasteiger partial charge in [-0.1, -0.05) is 19.3 Å². The van der Waals surface area contributed by atoms with E-state index in [1.807, 2.05) is 4.90 Å². The number of hydrogen-bond acceptors (Lipinski definition) is 3. The highest BCUT2D eigenvalue weighted by molar-refractivity contribution is 8.13. The lowest BCUT2D eigenvalue weighted by atomic mass is 9.89. The third-order valence-corrected chi connectivity index (χ3v) is 5.18. The molecule has 0 spiro atoms. The fraction of sp³-hybridized carbons (Fsp3) is 0.917. The fourth-order valence-electron chi connectivity index (χ4n) is 3.10. The SMILES string of the molecule is O=C1CC(CS(=O)(=O)Cl)CN1CC1CCCCC1. The zero-order valence-electron chi connectivity index (χ0n) is 10.5. The first-order valence-electron chi connectivity index (χ1n) is 6.64. The van der Waals surface area contributed by atoms with Gasteiger partial charge in [-0.15, -0.1) is 0 Å². The summed E-state index contributed by atoms with van der Waals surface area (Å²) in [4.78, 5) is 13.7. The number of rotatable bonds is 4. The molecule has 0 aromatic rings. The van der Waals surface area contributed by atoms with Crippen LogP contribution in [0, 0.1) is 11.8 Å². The van der Waals surface area contributed by atoms with E-state index in [4.69, 9.17) is 10.7 Å². The van der Waals surface area contributed by atoms with Crippen LogP contribution in [0.4, 0.5) is 0 Å². The van der Waals surface area contributed by atoms with E-state index in [1.54, 1.807) is 0 Å². The van der Waals surface area contributed by atoms with Gasteiger partial charge < -0.3 is 4.90 Å². The smallest absolute Gasteiger partial charge is 0.232 e. The summed E-state index contributed by atoms with van der Waals surface area (Å²) < 4.78 is 22.1. The van der Waals surface area contributed by atoms with Crippen LogP contribution in [0.1, 0.15) is 38.5 Å². The van der Waals surface area contributed by atoms with E-state index in [-0.39, 0.29) is 17.6 Å². The van der Waals surface area contributed by atoms with Crippen LogP contribution in [0.15, 0.2) is 0 Å². The van der Waals surface area contributed by atoms with Gasteiger partial charge in [-0.3, -0.25) is 4.79 Å². The maximum atomic E-state index is 11.8. The Balaban J connectivity index is 1.85. The Morgan fingerprint density at radius 2 is 1.83 bits per heavy atom. The monoisotopic (exact) mass is 293 g/mol. The van der Waals surface area contributed by atoms with Crippen molar-refractivity contribution in [2.75, 3.05) is 18.8 Å². The second-order valence-corrected chi connectivity index (χ2v) is 8.40. The van der Waals surface area contributed by atoms with Gasteiger partial charge in [-0.2, -0.15) is 0 Å². The highest BCUT2D eigenvalue weighted by Gasteiger charge is 2.33. The van der Waals surface area contributed by atoms with Gasteiger partial charge in [-0.05, 0) is 18.8 Å². The number of hydrogen-bond donors (Lipinski definition) is 0. The maximum Gasteiger partial charge on any atom is 0.232 e. The van der Waals surface area contributed by atoms with Crippen molar-refractivity contribution in [2.45, 2.75) is 38.5 Å². The summed E-state index contributed by atoms with van der Waals surface area (Å²) in [5.74, 6) is 0.491. The first-order chi connectivity index (χ1) is 8.44. The largest absolute Gasteiger partial charge is 0.342 e. The summed E-state index contributed by atoms with van der Waals surface area (Å²) in [5.41, 5.74) is 0. The van der Waals surface area contributed by atoms with Crippen molar-refractivity contribution in [3.63, 3.8) is 0 Å². The minimum atomic E-state index is -3.49. The van der Waals surface area contributed by atoms with Crippen molar-refractivity contribution in [3.05, 3.63) is 0 Å². The molecule has 1 heterocycles. The van der Waals surface area contributed by atoms with Crippen LogP contribution in [0.3, 0.4) is 0 Å². The highest BCUT2D eigenvalue weighted by atomic mass is 35.7. The Morgan fingerprint density at radius 1 is 1.17 bits per heavy atom. The lowest BCUT2D eigenvalue weighted by Gasteiger charge is -2.27. The zero-order chi connectivity index (χ0) is 13.2. The topological polar surface area (TPSA) is 54.5 Å². The number of carbonyl (C=O) groups is 1. The molecule has 18 heavy (non-hydrogen) atoms. The normalized spacial score (nSPS) is 26.8. The molecule has 4 nitrogen and oxygen atoms in total. The molecule has 0 bridgehead atoms. The van der Waals surface area contributed by atoms with E-state index < -0.39 is 9.05 Å². The molecular formula is C12H20ClNO3S. The van der Waals surface area contributed by atoms with Crippen LogP contribution < -0.4 is 0 Å². The van der Waals surface area contributed by atoms with E-state index in [9.17, 15) is 13.2 Å². The van der Waals surface area contributed by atoms with Crippen LogP contribution >= 0.6 is 10.7 Å². The average Bonchev–Trinajstić information content (AvgIpc) is 2.58. The van der Waals surface area contributed by atoms with Gasteiger partial charge in [0.05, 0.1) is 5.75 Å². The van der Waals surface area contributed by atoms with Crippen molar-refractivity contribution >= 4 is 25.6 Å². The van der Waals surface area contributed by atoms with E-state index in [0.29, 0.717) is 18.9 Å². The van der Waals surface area contributed by atoms with Crippen LogP contribution in [-0.4, -0.2) is 38.1 Å². The van der Waals surface area contributed by atoms with Gasteiger partial charge in [0, 0.05) is 36.1 Å². The van der Waals surface area contributed by atoms with E-state index >= 15 is 0 Å². The highest BCUT2D eigenvalue weighted by Crippen LogP contribution is 2.27. The molecule has 1 atom stereocenters. The third-order valence-electron chi connectivity index (χ3n) is 3.93. The molecular weight excluding hydrogens is 274 g/mol. The lowest BCUT2D eigenvalue weighted by Crippen LogP contribution is -2.32. The van der Waals surface area contributed by atoms with Crippen LogP contribution in [0.25, 0.3) is 0 Å². The number of amides is 1. The molecule has 0 radical (unpaired) electrons. The second-order valence-electron chi connectivity index (χ2n) is 5.58. The standard InChI is InChI=1S/C12H20ClNO3S/c13-18(16,17)9-11-6-12(15)14(8-11)7-10-4-2-1-3-5-10/h10-11H,1-9H2. The number of likely N-dealkylation sites (tertiary alicyclic amines) is 1. The summed E-state index contributed by atoms with van der Waals surface area (Å²) >= 11 is 0. The van der Waals surface area contributed by atoms with Crippen molar-refractivity contribution in [2.24, 2.45) is 11.8 Å². The Kier molecular flexibility index (Phi) is 4.54. The minimum Gasteiger partial charge on any atom is -0.342 e. The third kappa shape index (κ3) is 4.12. The first kappa shape index (κ1) is 14.1. The summed E-state index contributed by atoms with van der Waals surface area (Å²) in [6.45, 7) is 1.36. The molecule has 0 aromatic heterocycles. The molecule has 2 aliphatic rings.